The number of benzene rings is 1. The SMILES string of the molecule is CCN1CCC2(C1)CN(S(=O)(=O)c1ccc(C#N)cc1)C2. The van der Waals surface area contributed by atoms with Gasteiger partial charge in [0, 0.05) is 25.0 Å². The van der Waals surface area contributed by atoms with Crippen LogP contribution in [0.2, 0.25) is 0 Å². The van der Waals surface area contributed by atoms with Gasteiger partial charge in [0.05, 0.1) is 16.5 Å². The van der Waals surface area contributed by atoms with Gasteiger partial charge in [0.2, 0.25) is 10.0 Å². The Kier molecular flexibility index (Phi) is 3.52. The molecule has 3 rings (SSSR count). The van der Waals surface area contributed by atoms with Crippen LogP contribution in [-0.2, 0) is 10.0 Å². The molecule has 2 aliphatic heterocycles. The fourth-order valence-electron chi connectivity index (χ4n) is 3.28. The maximum atomic E-state index is 12.5. The Balaban J connectivity index is 1.72. The Morgan fingerprint density at radius 2 is 1.90 bits per heavy atom. The summed E-state index contributed by atoms with van der Waals surface area (Å²) < 4.78 is 26.6. The van der Waals surface area contributed by atoms with Crippen molar-refractivity contribution in [2.45, 2.75) is 18.2 Å². The van der Waals surface area contributed by atoms with Gasteiger partial charge in [0.1, 0.15) is 0 Å². The molecule has 6 heteroatoms. The average Bonchev–Trinajstić information content (AvgIpc) is 2.90. The summed E-state index contributed by atoms with van der Waals surface area (Å²) in [6, 6.07) is 8.14. The molecule has 0 amide bonds. The summed E-state index contributed by atoms with van der Waals surface area (Å²) in [5, 5.41) is 8.77. The highest BCUT2D eigenvalue weighted by Crippen LogP contribution is 2.41. The highest BCUT2D eigenvalue weighted by atomic mass is 32.2. The quantitative estimate of drug-likeness (QED) is 0.844. The van der Waals surface area contributed by atoms with Gasteiger partial charge in [-0.1, -0.05) is 6.92 Å². The molecule has 0 atom stereocenters. The van der Waals surface area contributed by atoms with Gasteiger partial charge in [-0.2, -0.15) is 9.57 Å². The highest BCUT2D eigenvalue weighted by Gasteiger charge is 2.51. The molecule has 0 N–H and O–H groups in total. The van der Waals surface area contributed by atoms with Crippen LogP contribution in [0.1, 0.15) is 18.9 Å². The van der Waals surface area contributed by atoms with Crippen molar-refractivity contribution in [1.29, 1.82) is 5.26 Å². The van der Waals surface area contributed by atoms with E-state index in [4.69, 9.17) is 5.26 Å². The monoisotopic (exact) mass is 305 g/mol. The Morgan fingerprint density at radius 3 is 2.43 bits per heavy atom. The van der Waals surface area contributed by atoms with E-state index in [9.17, 15) is 8.42 Å². The number of nitriles is 1. The first-order valence-corrected chi connectivity index (χ1v) is 8.66. The lowest BCUT2D eigenvalue weighted by Gasteiger charge is -2.47. The van der Waals surface area contributed by atoms with Crippen molar-refractivity contribution in [2.75, 3.05) is 32.7 Å². The van der Waals surface area contributed by atoms with E-state index < -0.39 is 10.0 Å². The lowest BCUT2D eigenvalue weighted by Crippen LogP contribution is -2.59. The molecule has 2 fully saturated rings. The van der Waals surface area contributed by atoms with E-state index in [2.05, 4.69) is 11.8 Å². The second-order valence-corrected chi connectivity index (χ2v) is 7.97. The van der Waals surface area contributed by atoms with Crippen LogP contribution < -0.4 is 0 Å². The van der Waals surface area contributed by atoms with Gasteiger partial charge < -0.3 is 4.90 Å². The van der Waals surface area contributed by atoms with E-state index in [1.165, 1.54) is 12.1 Å². The molecule has 1 aromatic carbocycles. The molecule has 0 radical (unpaired) electrons. The number of nitrogens with zero attached hydrogens (tertiary/aromatic N) is 3. The molecule has 5 nitrogen and oxygen atoms in total. The zero-order valence-electron chi connectivity index (χ0n) is 12.1. The molecule has 1 aromatic rings. The van der Waals surface area contributed by atoms with Crippen molar-refractivity contribution in [3.05, 3.63) is 29.8 Å². The predicted octanol–water partition coefficient (Wildman–Crippen LogP) is 1.27. The number of likely N-dealkylation sites (tertiary alicyclic amines) is 1. The molecule has 0 unspecified atom stereocenters. The smallest absolute Gasteiger partial charge is 0.243 e. The minimum atomic E-state index is -3.41. The molecule has 0 aliphatic carbocycles. The fourth-order valence-corrected chi connectivity index (χ4v) is 4.94. The summed E-state index contributed by atoms with van der Waals surface area (Å²) in [6.07, 6.45) is 1.08. The second kappa shape index (κ2) is 5.09. The fraction of sp³-hybridized carbons (Fsp3) is 0.533. The van der Waals surface area contributed by atoms with Crippen molar-refractivity contribution in [3.8, 4) is 6.07 Å². The van der Waals surface area contributed by atoms with E-state index in [-0.39, 0.29) is 10.3 Å². The molecule has 2 aliphatic rings. The molecular formula is C15H19N3O2S. The van der Waals surface area contributed by atoms with E-state index in [0.717, 1.165) is 26.1 Å². The minimum Gasteiger partial charge on any atom is -0.303 e. The van der Waals surface area contributed by atoms with Crippen molar-refractivity contribution in [2.24, 2.45) is 5.41 Å². The van der Waals surface area contributed by atoms with Crippen molar-refractivity contribution >= 4 is 10.0 Å². The Hall–Kier alpha value is -1.42. The third kappa shape index (κ3) is 2.46. The third-order valence-corrected chi connectivity index (χ3v) is 6.42. The van der Waals surface area contributed by atoms with Gasteiger partial charge >= 0.3 is 0 Å². The zero-order valence-corrected chi connectivity index (χ0v) is 12.9. The van der Waals surface area contributed by atoms with Crippen LogP contribution in [0.3, 0.4) is 0 Å². The molecule has 0 bridgehead atoms. The third-order valence-electron chi connectivity index (χ3n) is 4.61. The summed E-state index contributed by atoms with van der Waals surface area (Å²) in [6.45, 7) is 6.48. The summed E-state index contributed by atoms with van der Waals surface area (Å²) in [5.41, 5.74) is 0.638. The maximum Gasteiger partial charge on any atom is 0.243 e. The molecule has 112 valence electrons. The first kappa shape index (κ1) is 14.5. The summed E-state index contributed by atoms with van der Waals surface area (Å²) in [7, 11) is -3.41. The molecule has 21 heavy (non-hydrogen) atoms. The van der Waals surface area contributed by atoms with Crippen LogP contribution in [0.15, 0.2) is 29.2 Å². The number of rotatable bonds is 3. The Bertz CT molecular complexity index is 670. The van der Waals surface area contributed by atoms with Gasteiger partial charge in [-0.15, -0.1) is 0 Å². The van der Waals surface area contributed by atoms with E-state index in [1.54, 1.807) is 16.4 Å². The van der Waals surface area contributed by atoms with E-state index in [0.29, 0.717) is 18.7 Å². The minimum absolute atomic E-state index is 0.162. The van der Waals surface area contributed by atoms with Crippen LogP contribution in [0.25, 0.3) is 0 Å². The maximum absolute atomic E-state index is 12.5. The van der Waals surface area contributed by atoms with Crippen LogP contribution in [0, 0.1) is 16.7 Å². The normalized spacial score (nSPS) is 22.1. The molecule has 2 saturated heterocycles. The van der Waals surface area contributed by atoms with E-state index in [1.807, 2.05) is 6.07 Å². The summed E-state index contributed by atoms with van der Waals surface area (Å²) in [4.78, 5) is 2.66. The number of hydrogen-bond donors (Lipinski definition) is 0. The Morgan fingerprint density at radius 1 is 1.24 bits per heavy atom. The van der Waals surface area contributed by atoms with Crippen LogP contribution >= 0.6 is 0 Å². The van der Waals surface area contributed by atoms with Crippen molar-refractivity contribution in [3.63, 3.8) is 0 Å². The average molecular weight is 305 g/mol. The molecular weight excluding hydrogens is 286 g/mol. The number of hydrogen-bond acceptors (Lipinski definition) is 4. The summed E-state index contributed by atoms with van der Waals surface area (Å²) in [5.74, 6) is 0. The largest absolute Gasteiger partial charge is 0.303 e. The van der Waals surface area contributed by atoms with Gasteiger partial charge in [-0.3, -0.25) is 0 Å². The topological polar surface area (TPSA) is 64.4 Å². The van der Waals surface area contributed by atoms with Gasteiger partial charge in [0.15, 0.2) is 0 Å². The second-order valence-electron chi connectivity index (χ2n) is 6.03. The molecule has 1 spiro atoms. The molecule has 0 saturated carbocycles. The first-order chi connectivity index (χ1) is 9.99. The molecule has 0 aromatic heterocycles. The standard InChI is InChI=1S/C15H19N3O2S/c1-2-17-8-7-15(10-17)11-18(12-15)21(19,20)14-5-3-13(9-16)4-6-14/h3-6H,2,7-8,10-12H2,1H3. The Labute approximate surface area is 125 Å². The first-order valence-electron chi connectivity index (χ1n) is 7.22. The van der Waals surface area contributed by atoms with Crippen molar-refractivity contribution < 1.29 is 8.42 Å². The van der Waals surface area contributed by atoms with E-state index >= 15 is 0 Å². The van der Waals surface area contributed by atoms with Gasteiger partial charge in [0.25, 0.3) is 0 Å². The van der Waals surface area contributed by atoms with Crippen LogP contribution in [-0.4, -0.2) is 50.3 Å². The van der Waals surface area contributed by atoms with Gasteiger partial charge in [-0.05, 0) is 43.8 Å². The van der Waals surface area contributed by atoms with Crippen molar-refractivity contribution in [1.82, 2.24) is 9.21 Å². The van der Waals surface area contributed by atoms with Crippen LogP contribution in [0.5, 0.6) is 0 Å². The highest BCUT2D eigenvalue weighted by molar-refractivity contribution is 7.89. The lowest BCUT2D eigenvalue weighted by atomic mass is 9.81. The van der Waals surface area contributed by atoms with Gasteiger partial charge in [-0.25, -0.2) is 8.42 Å². The number of sulfonamides is 1. The lowest BCUT2D eigenvalue weighted by molar-refractivity contribution is 0.0787. The zero-order chi connectivity index (χ0) is 15.1. The van der Waals surface area contributed by atoms with Crippen LogP contribution in [0.4, 0.5) is 0 Å². The molecule has 2 heterocycles. The predicted molar refractivity (Wildman–Crippen MR) is 79.1 cm³/mol. The summed E-state index contributed by atoms with van der Waals surface area (Å²) >= 11 is 0.